The van der Waals surface area contributed by atoms with E-state index in [1.54, 1.807) is 13.3 Å². The second kappa shape index (κ2) is 9.17. The van der Waals surface area contributed by atoms with Gasteiger partial charge in [-0.1, -0.05) is 18.2 Å². The molecular weight excluding hydrogens is 348 g/mol. The van der Waals surface area contributed by atoms with E-state index in [2.05, 4.69) is 32.9 Å². The zero-order valence-corrected chi connectivity index (χ0v) is 15.5. The first kappa shape index (κ1) is 18.2. The Bertz CT molecular complexity index is 758. The number of rotatable bonds is 5. The predicted octanol–water partition coefficient (Wildman–Crippen LogP) is 2.85. The zero-order valence-electron chi connectivity index (χ0n) is 14.6. The fourth-order valence-corrected chi connectivity index (χ4v) is 2.79. The Morgan fingerprint density at radius 1 is 1.19 bits per heavy atom. The van der Waals surface area contributed by atoms with Crippen LogP contribution in [0.4, 0.5) is 11.4 Å². The smallest absolute Gasteiger partial charge is 0.191 e. The average Bonchev–Trinajstić information content (AvgIpc) is 2.69. The molecule has 6 nitrogen and oxygen atoms in total. The van der Waals surface area contributed by atoms with Gasteiger partial charge in [-0.2, -0.15) is 5.10 Å². The molecule has 26 heavy (non-hydrogen) atoms. The fourth-order valence-electron chi connectivity index (χ4n) is 2.62. The van der Waals surface area contributed by atoms with E-state index in [4.69, 9.17) is 21.7 Å². The highest BCUT2D eigenvalue weighted by atomic mass is 32.1. The molecule has 136 valence electrons. The molecule has 1 aliphatic heterocycles. The van der Waals surface area contributed by atoms with Crippen molar-refractivity contribution >= 4 is 34.9 Å². The quantitative estimate of drug-likeness (QED) is 0.480. The van der Waals surface area contributed by atoms with Crippen molar-refractivity contribution in [1.29, 1.82) is 0 Å². The number of nitrogens with one attached hydrogen (secondary N) is 2. The van der Waals surface area contributed by atoms with Crippen molar-refractivity contribution in [3.63, 3.8) is 0 Å². The molecule has 0 aliphatic carbocycles. The Morgan fingerprint density at radius 2 is 1.96 bits per heavy atom. The first-order chi connectivity index (χ1) is 12.7. The van der Waals surface area contributed by atoms with Crippen molar-refractivity contribution in [2.45, 2.75) is 0 Å². The van der Waals surface area contributed by atoms with Crippen LogP contribution in [-0.4, -0.2) is 44.7 Å². The molecule has 1 fully saturated rings. The number of benzene rings is 2. The SMILES string of the molecule is COc1cccc(NC(=S)N/N=C/c2ccc(N3CCOCC3)cc2)c1. The van der Waals surface area contributed by atoms with Gasteiger partial charge >= 0.3 is 0 Å². The summed E-state index contributed by atoms with van der Waals surface area (Å²) in [6.45, 7) is 3.42. The standard InChI is InChI=1S/C19H22N4O2S/c1-24-18-4-2-3-16(13-18)21-19(26)22-20-14-15-5-7-17(8-6-15)23-9-11-25-12-10-23/h2-8,13-14H,9-12H2,1H3,(H2,21,22,26)/b20-14+. The number of hydrogen-bond donors (Lipinski definition) is 2. The van der Waals surface area contributed by atoms with Crippen molar-refractivity contribution in [1.82, 2.24) is 5.43 Å². The van der Waals surface area contributed by atoms with Crippen LogP contribution in [0.3, 0.4) is 0 Å². The summed E-state index contributed by atoms with van der Waals surface area (Å²) < 4.78 is 10.6. The first-order valence-electron chi connectivity index (χ1n) is 8.41. The van der Waals surface area contributed by atoms with Gasteiger partial charge in [0, 0.05) is 30.5 Å². The number of nitrogens with zero attached hydrogens (tertiary/aromatic N) is 2. The summed E-state index contributed by atoms with van der Waals surface area (Å²) >= 11 is 5.24. The normalized spacial score (nSPS) is 14.3. The van der Waals surface area contributed by atoms with Gasteiger partial charge in [0.2, 0.25) is 0 Å². The maximum absolute atomic E-state index is 5.38. The van der Waals surface area contributed by atoms with Gasteiger partial charge in [-0.25, -0.2) is 0 Å². The number of methoxy groups -OCH3 is 1. The summed E-state index contributed by atoms with van der Waals surface area (Å²) in [5.41, 5.74) is 5.86. The van der Waals surface area contributed by atoms with Crippen LogP contribution in [0.2, 0.25) is 0 Å². The topological polar surface area (TPSA) is 58.1 Å². The highest BCUT2D eigenvalue weighted by molar-refractivity contribution is 7.80. The number of hydrogen-bond acceptors (Lipinski definition) is 5. The van der Waals surface area contributed by atoms with Crippen LogP contribution in [0.25, 0.3) is 0 Å². The Kier molecular flexibility index (Phi) is 6.40. The highest BCUT2D eigenvalue weighted by Gasteiger charge is 2.10. The molecule has 1 heterocycles. The van der Waals surface area contributed by atoms with E-state index in [9.17, 15) is 0 Å². The monoisotopic (exact) mass is 370 g/mol. The van der Waals surface area contributed by atoms with Crippen LogP contribution in [0, 0.1) is 0 Å². The van der Waals surface area contributed by atoms with E-state index < -0.39 is 0 Å². The maximum atomic E-state index is 5.38. The first-order valence-corrected chi connectivity index (χ1v) is 8.82. The minimum absolute atomic E-state index is 0.416. The second-order valence-electron chi connectivity index (χ2n) is 5.75. The third-order valence-electron chi connectivity index (χ3n) is 3.98. The van der Waals surface area contributed by atoms with Gasteiger partial charge in [-0.05, 0) is 42.0 Å². The molecule has 0 amide bonds. The molecule has 0 aromatic heterocycles. The van der Waals surface area contributed by atoms with E-state index in [0.29, 0.717) is 5.11 Å². The van der Waals surface area contributed by atoms with Crippen LogP contribution in [-0.2, 0) is 4.74 Å². The molecule has 0 unspecified atom stereocenters. The Balaban J connectivity index is 1.50. The molecule has 0 radical (unpaired) electrons. The summed E-state index contributed by atoms with van der Waals surface area (Å²) in [6.07, 6.45) is 1.74. The van der Waals surface area contributed by atoms with E-state index in [1.807, 2.05) is 36.4 Å². The van der Waals surface area contributed by atoms with Crippen molar-refractivity contribution in [3.05, 3.63) is 54.1 Å². The van der Waals surface area contributed by atoms with Crippen LogP contribution in [0.15, 0.2) is 53.6 Å². The third kappa shape index (κ3) is 5.18. The average molecular weight is 370 g/mol. The summed E-state index contributed by atoms with van der Waals surface area (Å²) in [6, 6.07) is 15.8. The summed E-state index contributed by atoms with van der Waals surface area (Å²) in [4.78, 5) is 2.32. The lowest BCUT2D eigenvalue weighted by Gasteiger charge is -2.28. The molecule has 0 spiro atoms. The Labute approximate surface area is 158 Å². The van der Waals surface area contributed by atoms with Crippen LogP contribution >= 0.6 is 12.2 Å². The molecule has 2 N–H and O–H groups in total. The van der Waals surface area contributed by atoms with Gasteiger partial charge < -0.3 is 19.7 Å². The van der Waals surface area contributed by atoms with E-state index in [1.165, 1.54) is 5.69 Å². The maximum Gasteiger partial charge on any atom is 0.191 e. The van der Waals surface area contributed by atoms with Crippen molar-refractivity contribution in [3.8, 4) is 5.75 Å². The van der Waals surface area contributed by atoms with Crippen LogP contribution in [0.5, 0.6) is 5.75 Å². The molecule has 3 rings (SSSR count). The molecule has 2 aromatic rings. The Hall–Kier alpha value is -2.64. The van der Waals surface area contributed by atoms with Crippen molar-refractivity contribution in [2.24, 2.45) is 5.10 Å². The predicted molar refractivity (Wildman–Crippen MR) is 109 cm³/mol. The molecule has 2 aromatic carbocycles. The van der Waals surface area contributed by atoms with Gasteiger partial charge in [0.05, 0.1) is 26.5 Å². The number of morpholine rings is 1. The van der Waals surface area contributed by atoms with Gasteiger partial charge in [0.15, 0.2) is 5.11 Å². The van der Waals surface area contributed by atoms with Gasteiger partial charge in [-0.15, -0.1) is 0 Å². The Morgan fingerprint density at radius 3 is 2.69 bits per heavy atom. The number of anilines is 2. The van der Waals surface area contributed by atoms with Crippen molar-refractivity contribution in [2.75, 3.05) is 43.6 Å². The number of hydrazone groups is 1. The van der Waals surface area contributed by atoms with Gasteiger partial charge in [0.25, 0.3) is 0 Å². The molecule has 0 atom stereocenters. The second-order valence-corrected chi connectivity index (χ2v) is 6.16. The zero-order chi connectivity index (χ0) is 18.2. The number of ether oxygens (including phenoxy) is 2. The molecule has 1 aliphatic rings. The fraction of sp³-hybridized carbons (Fsp3) is 0.263. The largest absolute Gasteiger partial charge is 0.497 e. The van der Waals surface area contributed by atoms with Gasteiger partial charge in [0.1, 0.15) is 5.75 Å². The van der Waals surface area contributed by atoms with E-state index >= 15 is 0 Å². The van der Waals surface area contributed by atoms with Crippen LogP contribution < -0.4 is 20.4 Å². The molecule has 0 bridgehead atoms. The van der Waals surface area contributed by atoms with E-state index in [0.717, 1.165) is 43.3 Å². The lowest BCUT2D eigenvalue weighted by atomic mass is 10.2. The minimum atomic E-state index is 0.416. The summed E-state index contributed by atoms with van der Waals surface area (Å²) in [5, 5.41) is 7.66. The molecule has 7 heteroatoms. The highest BCUT2D eigenvalue weighted by Crippen LogP contribution is 2.17. The summed E-state index contributed by atoms with van der Waals surface area (Å²) in [7, 11) is 1.63. The van der Waals surface area contributed by atoms with Crippen molar-refractivity contribution < 1.29 is 9.47 Å². The minimum Gasteiger partial charge on any atom is -0.497 e. The molecular formula is C19H22N4O2S. The molecule has 1 saturated heterocycles. The lowest BCUT2D eigenvalue weighted by Crippen LogP contribution is -2.36. The third-order valence-corrected chi connectivity index (χ3v) is 4.17. The number of thiocarbonyl (C=S) groups is 1. The van der Waals surface area contributed by atoms with Crippen LogP contribution in [0.1, 0.15) is 5.56 Å². The summed E-state index contributed by atoms with van der Waals surface area (Å²) in [5.74, 6) is 0.765. The molecule has 0 saturated carbocycles. The van der Waals surface area contributed by atoms with E-state index in [-0.39, 0.29) is 0 Å². The lowest BCUT2D eigenvalue weighted by molar-refractivity contribution is 0.122. The van der Waals surface area contributed by atoms with Gasteiger partial charge in [-0.3, -0.25) is 5.43 Å².